The third-order valence-corrected chi connectivity index (χ3v) is 5.23. The van der Waals surface area contributed by atoms with Crippen molar-refractivity contribution in [1.82, 2.24) is 10.6 Å². The number of hydrogen-bond donors (Lipinski definition) is 3. The third kappa shape index (κ3) is 7.61. The minimum atomic E-state index is -0.0882. The number of carbonyl (C=O) groups excluding carboxylic acids is 1. The smallest absolute Gasteiger partial charge is 0.226 e. The maximum absolute atomic E-state index is 12.1. The minimum Gasteiger partial charge on any atom is -0.356 e. The summed E-state index contributed by atoms with van der Waals surface area (Å²) in [6.45, 7) is 5.48. The number of rotatable bonds is 8. The van der Waals surface area contributed by atoms with Gasteiger partial charge in [0.25, 0.3) is 0 Å². The maximum Gasteiger partial charge on any atom is 0.226 e. The highest BCUT2D eigenvalue weighted by atomic mass is 35.5. The highest BCUT2D eigenvalue weighted by molar-refractivity contribution is 7.09. The molecule has 0 aliphatic carbocycles. The first kappa shape index (κ1) is 21.3. The van der Waals surface area contributed by atoms with Crippen LogP contribution in [-0.2, 0) is 11.2 Å². The molecule has 1 unspecified atom stereocenters. The summed E-state index contributed by atoms with van der Waals surface area (Å²) in [5, 5.41) is 12.0. The lowest BCUT2D eigenvalue weighted by molar-refractivity contribution is -0.116. The lowest BCUT2D eigenvalue weighted by Crippen LogP contribution is -2.40. The standard InChI is InChI=1S/C20H27ClN4OS/c1-14-6-7-18(17(21)12-14)25-19(26)8-9-23-20(22-3)24-13-15(2)11-16-5-4-10-27-16/h4-7,10,12,15H,8-9,11,13H2,1-3H3,(H,25,26)(H2,22,23,24). The number of anilines is 1. The molecule has 1 aromatic heterocycles. The summed E-state index contributed by atoms with van der Waals surface area (Å²) in [5.41, 5.74) is 1.69. The molecule has 0 aliphatic heterocycles. The molecule has 1 heterocycles. The Balaban J connectivity index is 1.68. The number of benzene rings is 1. The minimum absolute atomic E-state index is 0.0882. The molecule has 1 amide bonds. The van der Waals surface area contributed by atoms with Crippen LogP contribution in [0.25, 0.3) is 0 Å². The van der Waals surface area contributed by atoms with Crippen LogP contribution in [0, 0.1) is 12.8 Å². The zero-order valence-electron chi connectivity index (χ0n) is 16.0. The molecule has 3 N–H and O–H groups in total. The van der Waals surface area contributed by atoms with Gasteiger partial charge >= 0.3 is 0 Å². The molecule has 7 heteroatoms. The van der Waals surface area contributed by atoms with Gasteiger partial charge in [-0.25, -0.2) is 0 Å². The predicted molar refractivity (Wildman–Crippen MR) is 116 cm³/mol. The average Bonchev–Trinajstić information content (AvgIpc) is 3.13. The van der Waals surface area contributed by atoms with Crippen LogP contribution in [0.5, 0.6) is 0 Å². The Kier molecular flexibility index (Phi) is 8.61. The first-order valence-corrected chi connectivity index (χ1v) is 10.3. The molecule has 27 heavy (non-hydrogen) atoms. The molecule has 0 aliphatic rings. The Hall–Kier alpha value is -2.05. The largest absolute Gasteiger partial charge is 0.356 e. The third-order valence-electron chi connectivity index (χ3n) is 4.01. The van der Waals surface area contributed by atoms with E-state index >= 15 is 0 Å². The number of guanidine groups is 1. The van der Waals surface area contributed by atoms with Crippen molar-refractivity contribution in [2.24, 2.45) is 10.9 Å². The van der Waals surface area contributed by atoms with Crippen molar-refractivity contribution in [3.05, 3.63) is 51.2 Å². The van der Waals surface area contributed by atoms with Gasteiger partial charge in [0.15, 0.2) is 5.96 Å². The van der Waals surface area contributed by atoms with Gasteiger partial charge in [-0.15, -0.1) is 11.3 Å². The van der Waals surface area contributed by atoms with Crippen molar-refractivity contribution in [2.45, 2.75) is 26.7 Å². The van der Waals surface area contributed by atoms with Gasteiger partial charge in [0.05, 0.1) is 10.7 Å². The van der Waals surface area contributed by atoms with Gasteiger partial charge in [-0.05, 0) is 48.4 Å². The SMILES string of the molecule is CN=C(NCCC(=O)Nc1ccc(C)cc1Cl)NCC(C)Cc1cccs1. The Morgan fingerprint density at radius 3 is 2.78 bits per heavy atom. The molecule has 1 atom stereocenters. The average molecular weight is 407 g/mol. The van der Waals surface area contributed by atoms with E-state index in [1.807, 2.05) is 25.1 Å². The molecular weight excluding hydrogens is 380 g/mol. The number of carbonyl (C=O) groups is 1. The Labute approximate surface area is 170 Å². The summed E-state index contributed by atoms with van der Waals surface area (Å²) in [6.07, 6.45) is 1.37. The molecule has 0 fully saturated rings. The first-order chi connectivity index (χ1) is 13.0. The molecule has 2 rings (SSSR count). The summed E-state index contributed by atoms with van der Waals surface area (Å²) in [4.78, 5) is 17.7. The van der Waals surface area contributed by atoms with E-state index < -0.39 is 0 Å². The predicted octanol–water partition coefficient (Wildman–Crippen LogP) is 4.08. The normalized spacial score (nSPS) is 12.5. The summed E-state index contributed by atoms with van der Waals surface area (Å²) >= 11 is 7.93. The highest BCUT2D eigenvalue weighted by Crippen LogP contribution is 2.22. The van der Waals surface area contributed by atoms with Crippen LogP contribution in [0.15, 0.2) is 40.7 Å². The summed E-state index contributed by atoms with van der Waals surface area (Å²) in [5.74, 6) is 1.11. The Morgan fingerprint density at radius 1 is 1.30 bits per heavy atom. The second kappa shape index (κ2) is 10.9. The van der Waals surface area contributed by atoms with Crippen molar-refractivity contribution in [3.63, 3.8) is 0 Å². The van der Waals surface area contributed by atoms with Crippen LogP contribution >= 0.6 is 22.9 Å². The van der Waals surface area contributed by atoms with Crippen molar-refractivity contribution in [2.75, 3.05) is 25.5 Å². The van der Waals surface area contributed by atoms with E-state index in [1.165, 1.54) is 4.88 Å². The number of amides is 1. The zero-order chi connectivity index (χ0) is 19.6. The molecule has 146 valence electrons. The van der Waals surface area contributed by atoms with Crippen LogP contribution in [0.4, 0.5) is 5.69 Å². The summed E-state index contributed by atoms with van der Waals surface area (Å²) in [7, 11) is 1.73. The maximum atomic E-state index is 12.1. The van der Waals surface area contributed by atoms with E-state index in [4.69, 9.17) is 11.6 Å². The molecule has 5 nitrogen and oxygen atoms in total. The number of thiophene rings is 1. The second-order valence-electron chi connectivity index (χ2n) is 6.55. The van der Waals surface area contributed by atoms with Gasteiger partial charge in [0.1, 0.15) is 0 Å². The van der Waals surface area contributed by atoms with Crippen molar-refractivity contribution < 1.29 is 4.79 Å². The van der Waals surface area contributed by atoms with Crippen LogP contribution in [0.1, 0.15) is 23.8 Å². The van der Waals surface area contributed by atoms with Gasteiger partial charge in [0.2, 0.25) is 5.91 Å². The topological polar surface area (TPSA) is 65.5 Å². The number of aryl methyl sites for hydroxylation is 1. The van der Waals surface area contributed by atoms with Crippen LogP contribution < -0.4 is 16.0 Å². The van der Waals surface area contributed by atoms with Gasteiger partial charge in [-0.3, -0.25) is 9.79 Å². The number of nitrogens with one attached hydrogen (secondary N) is 3. The van der Waals surface area contributed by atoms with E-state index in [0.717, 1.165) is 18.5 Å². The van der Waals surface area contributed by atoms with Crippen molar-refractivity contribution >= 4 is 40.5 Å². The fourth-order valence-corrected chi connectivity index (χ4v) is 3.72. The number of halogens is 1. The van der Waals surface area contributed by atoms with E-state index in [1.54, 1.807) is 18.4 Å². The molecule has 0 radical (unpaired) electrons. The summed E-state index contributed by atoms with van der Waals surface area (Å²) < 4.78 is 0. The fraction of sp³-hybridized carbons (Fsp3) is 0.400. The van der Waals surface area contributed by atoms with Crippen LogP contribution in [0.3, 0.4) is 0 Å². The highest BCUT2D eigenvalue weighted by Gasteiger charge is 2.08. The Morgan fingerprint density at radius 2 is 2.11 bits per heavy atom. The van der Waals surface area contributed by atoms with Gasteiger partial charge in [-0.1, -0.05) is 30.7 Å². The van der Waals surface area contributed by atoms with Gasteiger partial charge < -0.3 is 16.0 Å². The van der Waals surface area contributed by atoms with E-state index in [-0.39, 0.29) is 5.91 Å². The number of hydrogen-bond acceptors (Lipinski definition) is 3. The van der Waals surface area contributed by atoms with Crippen LogP contribution in [-0.4, -0.2) is 32.0 Å². The summed E-state index contributed by atoms with van der Waals surface area (Å²) in [6, 6.07) is 9.81. The Bertz CT molecular complexity index is 761. The molecule has 0 spiro atoms. The van der Waals surface area contributed by atoms with Gasteiger partial charge in [0, 0.05) is 31.4 Å². The van der Waals surface area contributed by atoms with Gasteiger partial charge in [-0.2, -0.15) is 0 Å². The second-order valence-corrected chi connectivity index (χ2v) is 7.99. The monoisotopic (exact) mass is 406 g/mol. The molecule has 2 aromatic rings. The molecule has 0 saturated carbocycles. The van der Waals surface area contributed by atoms with E-state index in [0.29, 0.717) is 35.6 Å². The quantitative estimate of drug-likeness (QED) is 0.457. The van der Waals surface area contributed by atoms with Crippen molar-refractivity contribution in [1.29, 1.82) is 0 Å². The van der Waals surface area contributed by atoms with Crippen molar-refractivity contribution in [3.8, 4) is 0 Å². The zero-order valence-corrected chi connectivity index (χ0v) is 17.6. The number of nitrogens with zero attached hydrogens (tertiary/aromatic N) is 1. The molecule has 1 aromatic carbocycles. The molecule has 0 saturated heterocycles. The first-order valence-electron chi connectivity index (χ1n) is 9.01. The molecule has 0 bridgehead atoms. The van der Waals surface area contributed by atoms with Crippen LogP contribution in [0.2, 0.25) is 5.02 Å². The lowest BCUT2D eigenvalue weighted by Gasteiger charge is -2.15. The molecular formula is C20H27ClN4OS. The number of aliphatic imine (C=N–C) groups is 1. The fourth-order valence-electron chi connectivity index (χ4n) is 2.56. The lowest BCUT2D eigenvalue weighted by atomic mass is 10.1. The van der Waals surface area contributed by atoms with E-state index in [2.05, 4.69) is 45.4 Å². The van der Waals surface area contributed by atoms with E-state index in [9.17, 15) is 4.79 Å².